The van der Waals surface area contributed by atoms with E-state index >= 15 is 0 Å². The number of rotatable bonds is 4. The van der Waals surface area contributed by atoms with Crippen LogP contribution in [0.1, 0.15) is 16.1 Å². The third-order valence-corrected chi connectivity index (χ3v) is 3.15. The summed E-state index contributed by atoms with van der Waals surface area (Å²) in [5.41, 5.74) is 0.738. The minimum Gasteiger partial charge on any atom is -0.478 e. The number of carbonyl (C=O) groups is 1. The molecule has 0 unspecified atom stereocenters. The van der Waals surface area contributed by atoms with Crippen molar-refractivity contribution in [3.63, 3.8) is 0 Å². The van der Waals surface area contributed by atoms with Gasteiger partial charge in [-0.1, -0.05) is 0 Å². The highest BCUT2D eigenvalue weighted by Crippen LogP contribution is 2.23. The molecule has 1 aromatic carbocycles. The Bertz CT molecular complexity index is 648. The zero-order valence-electron chi connectivity index (χ0n) is 10.0. The summed E-state index contributed by atoms with van der Waals surface area (Å²) in [6, 6.07) is 4.99. The van der Waals surface area contributed by atoms with Crippen molar-refractivity contribution >= 4 is 27.6 Å². The monoisotopic (exact) mass is 342 g/mol. The lowest BCUT2D eigenvalue weighted by atomic mass is 10.2. The van der Waals surface area contributed by atoms with Crippen LogP contribution in [0.2, 0.25) is 0 Å². The molecule has 2 N–H and O–H groups in total. The largest absolute Gasteiger partial charge is 0.478 e. The summed E-state index contributed by atoms with van der Waals surface area (Å²) in [6.45, 7) is 0.189. The van der Waals surface area contributed by atoms with E-state index in [2.05, 4.69) is 26.2 Å². The van der Waals surface area contributed by atoms with Crippen LogP contribution in [0.25, 0.3) is 0 Å². The van der Waals surface area contributed by atoms with E-state index in [1.807, 2.05) is 0 Å². The third kappa shape index (κ3) is 3.30. The number of hydrogen-bond donors (Lipinski definition) is 2. The van der Waals surface area contributed by atoms with Gasteiger partial charge in [0.2, 0.25) is 0 Å². The van der Waals surface area contributed by atoms with Gasteiger partial charge < -0.3 is 10.4 Å². The Balaban J connectivity index is 2.09. The zero-order valence-corrected chi connectivity index (χ0v) is 11.6. The van der Waals surface area contributed by atoms with Crippen molar-refractivity contribution < 1.29 is 18.7 Å². The summed E-state index contributed by atoms with van der Waals surface area (Å²) in [5, 5.41) is 11.5. The highest BCUT2D eigenvalue weighted by atomic mass is 79.9. The average molecular weight is 343 g/mol. The van der Waals surface area contributed by atoms with Crippen LogP contribution < -0.4 is 5.32 Å². The van der Waals surface area contributed by atoms with Crippen molar-refractivity contribution in [2.75, 3.05) is 5.32 Å². The Morgan fingerprint density at radius 3 is 2.65 bits per heavy atom. The first kappa shape index (κ1) is 14.4. The van der Waals surface area contributed by atoms with Crippen LogP contribution in [0.5, 0.6) is 0 Å². The molecular weight excluding hydrogens is 334 g/mol. The van der Waals surface area contributed by atoms with Gasteiger partial charge in [-0.2, -0.15) is 0 Å². The van der Waals surface area contributed by atoms with Crippen molar-refractivity contribution in [2.45, 2.75) is 6.54 Å². The molecule has 0 saturated heterocycles. The van der Waals surface area contributed by atoms with Gasteiger partial charge in [0.05, 0.1) is 28.0 Å². The molecule has 0 amide bonds. The molecule has 104 valence electrons. The predicted octanol–water partition coefficient (Wildman–Crippen LogP) is 3.43. The zero-order chi connectivity index (χ0) is 14.7. The standard InChI is InChI=1S/C13H9BrF2N2O2/c14-9-3-12(11(16)4-10(9)15)18-6-8-2-1-7(5-17-8)13(19)20/h1-5,18H,6H2,(H,19,20). The first-order chi connectivity index (χ1) is 9.47. The lowest BCUT2D eigenvalue weighted by molar-refractivity contribution is 0.0696. The predicted molar refractivity (Wildman–Crippen MR) is 72.6 cm³/mol. The SMILES string of the molecule is O=C(O)c1ccc(CNc2cc(Br)c(F)cc2F)nc1. The number of nitrogens with one attached hydrogen (secondary N) is 1. The number of anilines is 1. The minimum absolute atomic E-state index is 0.0736. The molecule has 1 aromatic heterocycles. The summed E-state index contributed by atoms with van der Waals surface area (Å²) in [6.07, 6.45) is 1.22. The Morgan fingerprint density at radius 1 is 1.30 bits per heavy atom. The normalized spacial score (nSPS) is 10.3. The number of carboxylic acid groups (broad SMARTS) is 1. The third-order valence-electron chi connectivity index (χ3n) is 2.54. The number of carboxylic acids is 1. The molecule has 0 aliphatic rings. The fraction of sp³-hybridized carbons (Fsp3) is 0.0769. The van der Waals surface area contributed by atoms with E-state index in [0.717, 1.165) is 6.07 Å². The molecule has 0 bridgehead atoms. The fourth-order valence-electron chi connectivity index (χ4n) is 1.50. The summed E-state index contributed by atoms with van der Waals surface area (Å²) in [7, 11) is 0. The van der Waals surface area contributed by atoms with Crippen molar-refractivity contribution in [1.82, 2.24) is 4.98 Å². The Morgan fingerprint density at radius 2 is 2.05 bits per heavy atom. The second kappa shape index (κ2) is 5.96. The molecule has 0 aliphatic carbocycles. The molecule has 7 heteroatoms. The van der Waals surface area contributed by atoms with Gasteiger partial charge in [-0.05, 0) is 34.1 Å². The molecule has 20 heavy (non-hydrogen) atoms. The first-order valence-corrected chi connectivity index (χ1v) is 6.33. The second-order valence-electron chi connectivity index (χ2n) is 3.94. The highest BCUT2D eigenvalue weighted by molar-refractivity contribution is 9.10. The van der Waals surface area contributed by atoms with Gasteiger partial charge in [0.15, 0.2) is 0 Å². The molecule has 4 nitrogen and oxygen atoms in total. The molecule has 0 saturated carbocycles. The summed E-state index contributed by atoms with van der Waals surface area (Å²) >= 11 is 2.97. The maximum absolute atomic E-state index is 13.5. The molecule has 0 radical (unpaired) electrons. The maximum atomic E-state index is 13.5. The Labute approximate surface area is 121 Å². The number of nitrogens with zero attached hydrogens (tertiary/aromatic N) is 1. The second-order valence-corrected chi connectivity index (χ2v) is 4.80. The van der Waals surface area contributed by atoms with Gasteiger partial charge in [0.1, 0.15) is 11.6 Å². The Hall–Kier alpha value is -2.02. The highest BCUT2D eigenvalue weighted by Gasteiger charge is 2.08. The van der Waals surface area contributed by atoms with Crippen molar-refractivity contribution in [1.29, 1.82) is 0 Å². The van der Waals surface area contributed by atoms with Crippen LogP contribution in [0.3, 0.4) is 0 Å². The molecule has 0 spiro atoms. The van der Waals surface area contributed by atoms with Crippen LogP contribution in [-0.2, 0) is 6.54 Å². The molecule has 2 aromatic rings. The van der Waals surface area contributed by atoms with Gasteiger partial charge in [0.25, 0.3) is 0 Å². The van der Waals surface area contributed by atoms with Gasteiger partial charge in [-0.15, -0.1) is 0 Å². The summed E-state index contributed by atoms with van der Waals surface area (Å²) in [5.74, 6) is -2.46. The maximum Gasteiger partial charge on any atom is 0.337 e. The van der Waals surface area contributed by atoms with Gasteiger partial charge in [-0.3, -0.25) is 4.98 Å². The molecule has 0 atom stereocenters. The van der Waals surface area contributed by atoms with E-state index in [-0.39, 0.29) is 22.3 Å². The topological polar surface area (TPSA) is 62.2 Å². The Kier molecular flexibility index (Phi) is 4.29. The van der Waals surface area contributed by atoms with Crippen LogP contribution in [0, 0.1) is 11.6 Å². The lowest BCUT2D eigenvalue weighted by Crippen LogP contribution is -2.05. The summed E-state index contributed by atoms with van der Waals surface area (Å²) < 4.78 is 26.7. The van der Waals surface area contributed by atoms with Crippen LogP contribution in [0.15, 0.2) is 34.9 Å². The minimum atomic E-state index is -1.06. The van der Waals surface area contributed by atoms with E-state index < -0.39 is 17.6 Å². The molecule has 1 heterocycles. The van der Waals surface area contributed by atoms with Crippen molar-refractivity contribution in [3.05, 3.63) is 57.8 Å². The van der Waals surface area contributed by atoms with Crippen LogP contribution in [-0.4, -0.2) is 16.1 Å². The number of halogens is 3. The fourth-order valence-corrected chi connectivity index (χ4v) is 1.84. The van der Waals surface area contributed by atoms with E-state index in [0.29, 0.717) is 5.69 Å². The number of hydrogen-bond acceptors (Lipinski definition) is 3. The van der Waals surface area contributed by atoms with E-state index in [1.54, 1.807) is 0 Å². The number of benzene rings is 1. The van der Waals surface area contributed by atoms with E-state index in [9.17, 15) is 13.6 Å². The number of aromatic nitrogens is 1. The molecular formula is C13H9BrF2N2O2. The van der Waals surface area contributed by atoms with E-state index in [4.69, 9.17) is 5.11 Å². The molecule has 2 rings (SSSR count). The number of pyridine rings is 1. The summed E-state index contributed by atoms with van der Waals surface area (Å²) in [4.78, 5) is 14.6. The van der Waals surface area contributed by atoms with E-state index in [1.165, 1.54) is 24.4 Å². The smallest absolute Gasteiger partial charge is 0.337 e. The van der Waals surface area contributed by atoms with Crippen LogP contribution in [0.4, 0.5) is 14.5 Å². The van der Waals surface area contributed by atoms with Crippen molar-refractivity contribution in [3.8, 4) is 0 Å². The van der Waals surface area contributed by atoms with Crippen molar-refractivity contribution in [2.24, 2.45) is 0 Å². The number of aromatic carboxylic acids is 1. The molecule has 0 aliphatic heterocycles. The average Bonchev–Trinajstić information content (AvgIpc) is 2.42. The lowest BCUT2D eigenvalue weighted by Gasteiger charge is -2.08. The molecule has 0 fully saturated rings. The van der Waals surface area contributed by atoms with Gasteiger partial charge in [-0.25, -0.2) is 13.6 Å². The quantitative estimate of drug-likeness (QED) is 0.835. The van der Waals surface area contributed by atoms with Crippen LogP contribution >= 0.6 is 15.9 Å². The van der Waals surface area contributed by atoms with Gasteiger partial charge >= 0.3 is 5.97 Å². The first-order valence-electron chi connectivity index (χ1n) is 5.54. The van der Waals surface area contributed by atoms with Gasteiger partial charge in [0, 0.05) is 12.3 Å².